The highest BCUT2D eigenvalue weighted by molar-refractivity contribution is 5.99. The van der Waals surface area contributed by atoms with E-state index in [1.165, 1.54) is 11.1 Å². The minimum absolute atomic E-state index is 0.0594. The summed E-state index contributed by atoms with van der Waals surface area (Å²) in [6.07, 6.45) is 9.01. The molecule has 3 aliphatic rings. The van der Waals surface area contributed by atoms with Gasteiger partial charge in [0, 0.05) is 6.42 Å². The molecule has 0 aromatic heterocycles. The van der Waals surface area contributed by atoms with Gasteiger partial charge in [-0.25, -0.2) is 0 Å². The SMILES string of the molecule is CC(C)=C1C(=O)C[C@@]2(C)C/C=C(\C)CC[C@@H]3O[C@@]3(C)CC[C@H]12. The Kier molecular flexibility index (Phi) is 3.87. The first-order chi connectivity index (χ1) is 10.3. The van der Waals surface area contributed by atoms with Gasteiger partial charge in [0.05, 0.1) is 11.7 Å². The van der Waals surface area contributed by atoms with Crippen molar-refractivity contribution >= 4 is 5.78 Å². The van der Waals surface area contributed by atoms with Crippen molar-refractivity contribution in [3.63, 3.8) is 0 Å². The topological polar surface area (TPSA) is 29.6 Å². The second-order valence-corrected chi connectivity index (χ2v) is 8.47. The zero-order valence-electron chi connectivity index (χ0n) is 14.8. The van der Waals surface area contributed by atoms with Crippen LogP contribution >= 0.6 is 0 Å². The van der Waals surface area contributed by atoms with Crippen LogP contribution in [0.25, 0.3) is 0 Å². The first-order valence-electron chi connectivity index (χ1n) is 8.79. The van der Waals surface area contributed by atoms with Crippen molar-refractivity contribution in [2.75, 3.05) is 0 Å². The fraction of sp³-hybridized carbons (Fsp3) is 0.750. The molecule has 0 N–H and O–H groups in total. The molecule has 2 heteroatoms. The van der Waals surface area contributed by atoms with Gasteiger partial charge in [0.2, 0.25) is 0 Å². The maximum absolute atomic E-state index is 12.6. The lowest BCUT2D eigenvalue weighted by Crippen LogP contribution is -2.24. The van der Waals surface area contributed by atoms with Crippen LogP contribution in [0.1, 0.15) is 73.1 Å². The lowest BCUT2D eigenvalue weighted by molar-refractivity contribution is -0.115. The van der Waals surface area contributed by atoms with Crippen LogP contribution in [0.4, 0.5) is 0 Å². The molecule has 2 fully saturated rings. The molecule has 0 radical (unpaired) electrons. The summed E-state index contributed by atoms with van der Waals surface area (Å²) in [6, 6.07) is 0. The fourth-order valence-electron chi connectivity index (χ4n) is 4.64. The molecular weight excluding hydrogens is 272 g/mol. The standard InChI is InChI=1S/C20H30O2/c1-13(2)18-15-9-11-20(5)17(22-20)7-6-14(3)8-10-19(15,4)12-16(18)21/h8,15,17H,6-7,9-12H2,1-5H3/b14-8+/t15-,17+,19-,20+/m1/s1. The molecular formula is C20H30O2. The molecule has 0 amide bonds. The number of allylic oxidation sites excluding steroid dienone is 4. The highest BCUT2D eigenvalue weighted by atomic mass is 16.6. The van der Waals surface area contributed by atoms with E-state index >= 15 is 0 Å². The van der Waals surface area contributed by atoms with E-state index < -0.39 is 0 Å². The number of carbonyl (C=O) groups excluding carboxylic acids is 1. The Balaban J connectivity index is 1.95. The van der Waals surface area contributed by atoms with Crippen LogP contribution in [0, 0.1) is 11.3 Å². The van der Waals surface area contributed by atoms with E-state index in [0.717, 1.165) is 37.7 Å². The number of fused-ring (bicyclic) bond motifs is 2. The van der Waals surface area contributed by atoms with Crippen molar-refractivity contribution in [3.05, 3.63) is 22.8 Å². The molecule has 122 valence electrons. The Bertz CT molecular complexity index is 552. The average molecular weight is 302 g/mol. The number of carbonyl (C=O) groups is 1. The summed E-state index contributed by atoms with van der Waals surface area (Å²) in [7, 11) is 0. The Morgan fingerprint density at radius 3 is 2.68 bits per heavy atom. The van der Waals surface area contributed by atoms with Gasteiger partial charge in [-0.2, -0.15) is 0 Å². The van der Waals surface area contributed by atoms with Gasteiger partial charge in [0.1, 0.15) is 0 Å². The van der Waals surface area contributed by atoms with E-state index in [9.17, 15) is 4.79 Å². The van der Waals surface area contributed by atoms with Crippen molar-refractivity contribution in [1.29, 1.82) is 0 Å². The largest absolute Gasteiger partial charge is 0.366 e. The molecule has 0 aromatic rings. The third-order valence-electron chi connectivity index (χ3n) is 6.28. The van der Waals surface area contributed by atoms with E-state index in [1.54, 1.807) is 0 Å². The lowest BCUT2D eigenvalue weighted by atomic mass is 9.72. The molecule has 1 saturated carbocycles. The first kappa shape index (κ1) is 16.0. The predicted octanol–water partition coefficient (Wildman–Crippen LogP) is 4.99. The molecule has 0 bridgehead atoms. The van der Waals surface area contributed by atoms with Crippen molar-refractivity contribution in [2.45, 2.75) is 84.8 Å². The summed E-state index contributed by atoms with van der Waals surface area (Å²) in [6.45, 7) is 11.0. The van der Waals surface area contributed by atoms with Crippen molar-refractivity contribution in [1.82, 2.24) is 0 Å². The average Bonchev–Trinajstić information content (AvgIpc) is 2.99. The maximum atomic E-state index is 12.6. The van der Waals surface area contributed by atoms with Crippen molar-refractivity contribution in [2.24, 2.45) is 11.3 Å². The van der Waals surface area contributed by atoms with Crippen LogP contribution in [0.15, 0.2) is 22.8 Å². The normalized spacial score (nSPS) is 44.5. The molecule has 1 aliphatic heterocycles. The quantitative estimate of drug-likeness (QED) is 0.358. The molecule has 0 unspecified atom stereocenters. The molecule has 22 heavy (non-hydrogen) atoms. The summed E-state index contributed by atoms with van der Waals surface area (Å²) in [5, 5.41) is 0. The summed E-state index contributed by atoms with van der Waals surface area (Å²) < 4.78 is 6.00. The summed E-state index contributed by atoms with van der Waals surface area (Å²) in [5.74, 6) is 0.780. The van der Waals surface area contributed by atoms with Crippen molar-refractivity contribution in [3.8, 4) is 0 Å². The maximum Gasteiger partial charge on any atom is 0.159 e. The second-order valence-electron chi connectivity index (χ2n) is 8.47. The lowest BCUT2D eigenvalue weighted by Gasteiger charge is -2.31. The zero-order chi connectivity index (χ0) is 16.1. The van der Waals surface area contributed by atoms with Crippen LogP contribution < -0.4 is 0 Å². The Hall–Kier alpha value is -0.890. The highest BCUT2D eigenvalue weighted by Gasteiger charge is 2.53. The van der Waals surface area contributed by atoms with E-state index in [-0.39, 0.29) is 11.0 Å². The first-order valence-corrected chi connectivity index (χ1v) is 8.79. The number of ether oxygens (including phenoxy) is 1. The van der Waals surface area contributed by atoms with Gasteiger partial charge in [-0.1, -0.05) is 24.1 Å². The summed E-state index contributed by atoms with van der Waals surface area (Å²) >= 11 is 0. The van der Waals surface area contributed by atoms with Gasteiger partial charge in [-0.05, 0) is 76.7 Å². The second kappa shape index (κ2) is 5.33. The van der Waals surface area contributed by atoms with Gasteiger partial charge < -0.3 is 4.74 Å². The third-order valence-corrected chi connectivity index (χ3v) is 6.28. The monoisotopic (exact) mass is 302 g/mol. The van der Waals surface area contributed by atoms with Gasteiger partial charge in [0.25, 0.3) is 0 Å². The van der Waals surface area contributed by atoms with Gasteiger partial charge >= 0.3 is 0 Å². The number of hydrogen-bond donors (Lipinski definition) is 0. The summed E-state index contributed by atoms with van der Waals surface area (Å²) in [5.41, 5.74) is 3.94. The van der Waals surface area contributed by atoms with Crippen LogP contribution in [0.5, 0.6) is 0 Å². The minimum Gasteiger partial charge on any atom is -0.366 e. The molecule has 2 aliphatic carbocycles. The molecule has 1 saturated heterocycles. The van der Waals surface area contributed by atoms with Crippen LogP contribution in [-0.4, -0.2) is 17.5 Å². The predicted molar refractivity (Wildman–Crippen MR) is 89.7 cm³/mol. The van der Waals surface area contributed by atoms with Crippen molar-refractivity contribution < 1.29 is 9.53 Å². The molecule has 3 rings (SSSR count). The number of epoxide rings is 1. The van der Waals surface area contributed by atoms with Gasteiger partial charge in [-0.15, -0.1) is 0 Å². The zero-order valence-corrected chi connectivity index (χ0v) is 14.8. The Morgan fingerprint density at radius 2 is 2.00 bits per heavy atom. The molecule has 2 nitrogen and oxygen atoms in total. The number of rotatable bonds is 0. The Morgan fingerprint density at radius 1 is 1.27 bits per heavy atom. The molecule has 0 spiro atoms. The minimum atomic E-state index is 0.0594. The van der Waals surface area contributed by atoms with Crippen LogP contribution in [-0.2, 0) is 9.53 Å². The smallest absolute Gasteiger partial charge is 0.159 e. The van der Waals surface area contributed by atoms with E-state index in [4.69, 9.17) is 4.74 Å². The highest BCUT2D eigenvalue weighted by Crippen LogP contribution is 2.53. The molecule has 4 atom stereocenters. The number of hydrogen-bond acceptors (Lipinski definition) is 2. The van der Waals surface area contributed by atoms with Gasteiger partial charge in [-0.3, -0.25) is 4.79 Å². The van der Waals surface area contributed by atoms with Gasteiger partial charge in [0.15, 0.2) is 5.78 Å². The molecule has 1 heterocycles. The number of ketones is 1. The van der Waals surface area contributed by atoms with Crippen LogP contribution in [0.3, 0.4) is 0 Å². The van der Waals surface area contributed by atoms with Crippen LogP contribution in [0.2, 0.25) is 0 Å². The van der Waals surface area contributed by atoms with E-state index in [2.05, 4.69) is 40.7 Å². The number of Topliss-reactive ketones (excluding diaryl/α,β-unsaturated/α-hetero) is 1. The summed E-state index contributed by atoms with van der Waals surface area (Å²) in [4.78, 5) is 12.6. The third kappa shape index (κ3) is 2.71. The fourth-order valence-corrected chi connectivity index (χ4v) is 4.64. The van der Waals surface area contributed by atoms with E-state index in [0.29, 0.717) is 24.2 Å². The van der Waals surface area contributed by atoms with E-state index in [1.807, 2.05) is 0 Å². The molecule has 0 aromatic carbocycles. The Labute approximate surface area is 135 Å².